The monoisotopic (exact) mass is 207 g/mol. The number of benzene rings is 1. The molecule has 0 aliphatic carbocycles. The summed E-state index contributed by atoms with van der Waals surface area (Å²) in [5, 5.41) is 11.4. The molecule has 0 bridgehead atoms. The third kappa shape index (κ3) is 3.36. The lowest BCUT2D eigenvalue weighted by atomic mass is 10.00. The van der Waals surface area contributed by atoms with Gasteiger partial charge in [0.05, 0.1) is 6.54 Å². The van der Waals surface area contributed by atoms with Crippen LogP contribution in [-0.2, 0) is 11.3 Å². The summed E-state index contributed by atoms with van der Waals surface area (Å²) in [4.78, 5) is 10.4. The molecule has 1 aromatic rings. The van der Waals surface area contributed by atoms with Crippen molar-refractivity contribution in [3.8, 4) is 0 Å². The lowest BCUT2D eigenvalue weighted by molar-refractivity contribution is -0.135. The normalized spacial score (nSPS) is 10.3. The first-order valence-electron chi connectivity index (χ1n) is 5.00. The van der Waals surface area contributed by atoms with Crippen LogP contribution in [0.25, 0.3) is 0 Å². The number of hydrogen-bond donors (Lipinski definition) is 2. The topological polar surface area (TPSA) is 49.3 Å². The molecule has 0 fully saturated rings. The third-order valence-corrected chi connectivity index (χ3v) is 2.42. The van der Waals surface area contributed by atoms with Crippen LogP contribution in [0.1, 0.15) is 22.3 Å². The van der Waals surface area contributed by atoms with Crippen LogP contribution in [0.4, 0.5) is 0 Å². The van der Waals surface area contributed by atoms with Crippen LogP contribution in [0.5, 0.6) is 0 Å². The van der Waals surface area contributed by atoms with E-state index in [4.69, 9.17) is 5.11 Å². The van der Waals surface area contributed by atoms with Gasteiger partial charge in [0.1, 0.15) is 0 Å². The van der Waals surface area contributed by atoms with Gasteiger partial charge in [-0.3, -0.25) is 4.79 Å². The Morgan fingerprint density at radius 2 is 1.80 bits per heavy atom. The summed E-state index contributed by atoms with van der Waals surface area (Å²) in [5.41, 5.74) is 4.87. The average Bonchev–Trinajstić information content (AvgIpc) is 2.08. The fraction of sp³-hybridized carbons (Fsp3) is 0.417. The second kappa shape index (κ2) is 4.94. The van der Waals surface area contributed by atoms with Gasteiger partial charge < -0.3 is 10.4 Å². The highest BCUT2D eigenvalue weighted by Gasteiger charge is 2.04. The first kappa shape index (κ1) is 11.7. The van der Waals surface area contributed by atoms with Gasteiger partial charge in [0.25, 0.3) is 0 Å². The highest BCUT2D eigenvalue weighted by Crippen LogP contribution is 2.15. The van der Waals surface area contributed by atoms with E-state index in [-0.39, 0.29) is 6.54 Å². The van der Waals surface area contributed by atoms with E-state index in [9.17, 15) is 4.79 Å². The van der Waals surface area contributed by atoms with E-state index < -0.39 is 5.97 Å². The second-order valence-corrected chi connectivity index (χ2v) is 3.87. The Labute approximate surface area is 90.1 Å². The van der Waals surface area contributed by atoms with Crippen LogP contribution in [0.15, 0.2) is 12.1 Å². The Balaban J connectivity index is 2.72. The number of aryl methyl sites for hydroxylation is 3. The molecule has 0 atom stereocenters. The van der Waals surface area contributed by atoms with Crippen molar-refractivity contribution in [1.82, 2.24) is 5.32 Å². The molecule has 1 aromatic carbocycles. The van der Waals surface area contributed by atoms with Gasteiger partial charge >= 0.3 is 5.97 Å². The number of rotatable bonds is 4. The smallest absolute Gasteiger partial charge is 0.317 e. The SMILES string of the molecule is Cc1cc(C)c(CNCC(=O)O)c(C)c1. The minimum absolute atomic E-state index is 0.00670. The molecule has 3 nitrogen and oxygen atoms in total. The van der Waals surface area contributed by atoms with Gasteiger partial charge in [0.2, 0.25) is 0 Å². The van der Waals surface area contributed by atoms with Gasteiger partial charge in [-0.15, -0.1) is 0 Å². The highest BCUT2D eigenvalue weighted by atomic mass is 16.4. The van der Waals surface area contributed by atoms with Crippen molar-refractivity contribution in [2.24, 2.45) is 0 Å². The number of hydrogen-bond acceptors (Lipinski definition) is 2. The van der Waals surface area contributed by atoms with Gasteiger partial charge in [0.15, 0.2) is 0 Å². The Kier molecular flexibility index (Phi) is 3.86. The van der Waals surface area contributed by atoms with Crippen LogP contribution in [-0.4, -0.2) is 17.6 Å². The summed E-state index contributed by atoms with van der Waals surface area (Å²) in [5.74, 6) is -0.822. The van der Waals surface area contributed by atoms with Gasteiger partial charge in [-0.1, -0.05) is 17.7 Å². The molecule has 82 valence electrons. The maximum absolute atomic E-state index is 10.4. The number of carboxylic acids is 1. The summed E-state index contributed by atoms with van der Waals surface area (Å²) in [6.45, 7) is 6.79. The zero-order valence-electron chi connectivity index (χ0n) is 9.42. The lowest BCUT2D eigenvalue weighted by Crippen LogP contribution is -2.22. The molecule has 0 spiro atoms. The molecule has 0 saturated carbocycles. The minimum Gasteiger partial charge on any atom is -0.480 e. The Hall–Kier alpha value is -1.35. The minimum atomic E-state index is -0.822. The number of carboxylic acid groups (broad SMARTS) is 1. The van der Waals surface area contributed by atoms with Gasteiger partial charge in [-0.2, -0.15) is 0 Å². The first-order valence-corrected chi connectivity index (χ1v) is 5.00. The molecule has 0 saturated heterocycles. The highest BCUT2D eigenvalue weighted by molar-refractivity contribution is 5.69. The summed E-state index contributed by atoms with van der Waals surface area (Å²) >= 11 is 0. The van der Waals surface area contributed by atoms with Gasteiger partial charge in [0, 0.05) is 6.54 Å². The maximum atomic E-state index is 10.4. The van der Waals surface area contributed by atoms with Crippen molar-refractivity contribution in [2.75, 3.05) is 6.54 Å². The molecule has 0 aromatic heterocycles. The van der Waals surface area contributed by atoms with E-state index in [1.807, 2.05) is 0 Å². The van der Waals surface area contributed by atoms with Crippen LogP contribution < -0.4 is 5.32 Å². The predicted molar refractivity (Wildman–Crippen MR) is 60.0 cm³/mol. The van der Waals surface area contributed by atoms with Crippen LogP contribution in [0.3, 0.4) is 0 Å². The van der Waals surface area contributed by atoms with E-state index in [1.165, 1.54) is 22.3 Å². The molecule has 2 N–H and O–H groups in total. The van der Waals surface area contributed by atoms with E-state index >= 15 is 0 Å². The molecule has 0 aliphatic heterocycles. The first-order chi connectivity index (χ1) is 7.00. The molecular formula is C12H17NO2. The molecule has 1 rings (SSSR count). The summed E-state index contributed by atoms with van der Waals surface area (Å²) < 4.78 is 0. The molecule has 0 aliphatic rings. The molecule has 15 heavy (non-hydrogen) atoms. The number of carbonyl (C=O) groups is 1. The van der Waals surface area contributed by atoms with Crippen molar-refractivity contribution < 1.29 is 9.90 Å². The predicted octanol–water partition coefficient (Wildman–Crippen LogP) is 1.79. The summed E-state index contributed by atoms with van der Waals surface area (Å²) in [6, 6.07) is 4.23. The Morgan fingerprint density at radius 1 is 1.27 bits per heavy atom. The summed E-state index contributed by atoms with van der Waals surface area (Å²) in [7, 11) is 0. The van der Waals surface area contributed by atoms with Crippen molar-refractivity contribution in [2.45, 2.75) is 27.3 Å². The van der Waals surface area contributed by atoms with Crippen molar-refractivity contribution in [3.63, 3.8) is 0 Å². The zero-order valence-corrected chi connectivity index (χ0v) is 9.42. The zero-order chi connectivity index (χ0) is 11.4. The fourth-order valence-electron chi connectivity index (χ4n) is 1.78. The van der Waals surface area contributed by atoms with E-state index in [2.05, 4.69) is 38.2 Å². The molecule has 3 heteroatoms. The third-order valence-electron chi connectivity index (χ3n) is 2.42. The molecule has 0 amide bonds. The van der Waals surface area contributed by atoms with Crippen molar-refractivity contribution in [1.29, 1.82) is 0 Å². The Bertz CT molecular complexity index is 349. The maximum Gasteiger partial charge on any atom is 0.317 e. The molecule has 0 unspecified atom stereocenters. The van der Waals surface area contributed by atoms with Crippen molar-refractivity contribution in [3.05, 3.63) is 34.4 Å². The second-order valence-electron chi connectivity index (χ2n) is 3.87. The van der Waals surface area contributed by atoms with Crippen LogP contribution in [0, 0.1) is 20.8 Å². The van der Waals surface area contributed by atoms with Crippen LogP contribution >= 0.6 is 0 Å². The number of aliphatic carboxylic acids is 1. The standard InChI is InChI=1S/C12H17NO2/c1-8-4-9(2)11(10(3)5-8)6-13-7-12(14)15/h4-5,13H,6-7H2,1-3H3,(H,14,15). The quantitative estimate of drug-likeness (QED) is 0.791. The van der Waals surface area contributed by atoms with Gasteiger partial charge in [-0.25, -0.2) is 0 Å². The fourth-order valence-corrected chi connectivity index (χ4v) is 1.78. The van der Waals surface area contributed by atoms with Gasteiger partial charge in [-0.05, 0) is 37.5 Å². The largest absolute Gasteiger partial charge is 0.480 e. The average molecular weight is 207 g/mol. The van der Waals surface area contributed by atoms with E-state index in [0.29, 0.717) is 6.54 Å². The van der Waals surface area contributed by atoms with E-state index in [1.54, 1.807) is 0 Å². The molecule has 0 heterocycles. The van der Waals surface area contributed by atoms with E-state index in [0.717, 1.165) is 0 Å². The molecule has 0 radical (unpaired) electrons. The van der Waals surface area contributed by atoms with Crippen molar-refractivity contribution >= 4 is 5.97 Å². The lowest BCUT2D eigenvalue weighted by Gasteiger charge is -2.11. The Morgan fingerprint density at radius 3 is 2.27 bits per heavy atom. The molecular weight excluding hydrogens is 190 g/mol. The number of nitrogens with one attached hydrogen (secondary N) is 1. The van der Waals surface area contributed by atoms with Crippen LogP contribution in [0.2, 0.25) is 0 Å². The summed E-state index contributed by atoms with van der Waals surface area (Å²) in [6.07, 6.45) is 0.